The quantitative estimate of drug-likeness (QED) is 0.237. The molecule has 0 spiro atoms. The highest BCUT2D eigenvalue weighted by Crippen LogP contribution is 2.40. The molecule has 0 saturated carbocycles. The molecule has 2 aromatic carbocycles. The number of pyridine rings is 1. The third-order valence-corrected chi connectivity index (χ3v) is 6.44. The molecule has 5 aromatic rings. The van der Waals surface area contributed by atoms with Gasteiger partial charge >= 0.3 is 6.18 Å². The number of benzene rings is 2. The lowest BCUT2D eigenvalue weighted by atomic mass is 10.1. The van der Waals surface area contributed by atoms with Crippen molar-refractivity contribution in [2.75, 3.05) is 5.32 Å². The van der Waals surface area contributed by atoms with E-state index >= 15 is 0 Å². The van der Waals surface area contributed by atoms with Gasteiger partial charge in [0.05, 0.1) is 23.3 Å². The van der Waals surface area contributed by atoms with Crippen LogP contribution >= 0.6 is 11.3 Å². The van der Waals surface area contributed by atoms with E-state index in [1.165, 1.54) is 23.5 Å². The van der Waals surface area contributed by atoms with Crippen LogP contribution in [0.4, 0.5) is 24.0 Å². The number of ether oxygens (including phenoxy) is 1. The Kier molecular flexibility index (Phi) is 6.66. The largest absolute Gasteiger partial charge is 0.439 e. The van der Waals surface area contributed by atoms with Crippen LogP contribution in [0.1, 0.15) is 23.7 Å². The maximum Gasteiger partial charge on any atom is 0.418 e. The highest BCUT2D eigenvalue weighted by atomic mass is 32.1. The Morgan fingerprint density at radius 3 is 2.54 bits per heavy atom. The van der Waals surface area contributed by atoms with Crippen LogP contribution in [0.15, 0.2) is 78.7 Å². The first-order chi connectivity index (χ1) is 17.8. The molecule has 3 aromatic heterocycles. The Morgan fingerprint density at radius 2 is 1.84 bits per heavy atom. The van der Waals surface area contributed by atoms with E-state index in [1.807, 2.05) is 54.1 Å². The van der Waals surface area contributed by atoms with E-state index < -0.39 is 11.7 Å². The lowest BCUT2D eigenvalue weighted by Crippen LogP contribution is -2.09. The minimum absolute atomic E-state index is 0.0588. The minimum Gasteiger partial charge on any atom is -0.439 e. The van der Waals surface area contributed by atoms with E-state index in [4.69, 9.17) is 4.74 Å². The van der Waals surface area contributed by atoms with Crippen LogP contribution in [-0.2, 0) is 12.6 Å². The van der Waals surface area contributed by atoms with Crippen LogP contribution < -0.4 is 10.1 Å². The third kappa shape index (κ3) is 5.49. The molecule has 1 N–H and O–H groups in total. The van der Waals surface area contributed by atoms with Crippen molar-refractivity contribution in [1.29, 1.82) is 0 Å². The first kappa shape index (κ1) is 24.5. The summed E-state index contributed by atoms with van der Waals surface area (Å²) in [5.74, 6) is 0.364. The number of thiazole rings is 1. The molecular weight excluding hydrogens is 499 g/mol. The Bertz CT molecular complexity index is 1510. The first-order valence-corrected chi connectivity index (χ1v) is 12.3. The second-order valence-electron chi connectivity index (χ2n) is 8.26. The number of hydrogen-bond donors (Lipinski definition) is 1. The molecule has 0 radical (unpaired) electrons. The smallest absolute Gasteiger partial charge is 0.418 e. The van der Waals surface area contributed by atoms with Crippen LogP contribution in [0, 0.1) is 6.92 Å². The highest BCUT2D eigenvalue weighted by molar-refractivity contribution is 7.14. The number of anilines is 2. The van der Waals surface area contributed by atoms with E-state index in [2.05, 4.69) is 20.3 Å². The fraction of sp³-hybridized carbons (Fsp3) is 0.148. The molecule has 0 bridgehead atoms. The molecule has 6 nitrogen and oxygen atoms in total. The van der Waals surface area contributed by atoms with Crippen molar-refractivity contribution in [2.45, 2.75) is 26.4 Å². The number of imidazole rings is 1. The molecule has 0 aliphatic rings. The second-order valence-corrected chi connectivity index (χ2v) is 9.12. The molecule has 0 saturated heterocycles. The summed E-state index contributed by atoms with van der Waals surface area (Å²) in [5, 5.41) is 4.98. The zero-order chi connectivity index (χ0) is 26.0. The summed E-state index contributed by atoms with van der Waals surface area (Å²) in [7, 11) is 0. The zero-order valence-corrected chi connectivity index (χ0v) is 20.8. The van der Waals surface area contributed by atoms with Gasteiger partial charge in [-0.1, -0.05) is 25.1 Å². The molecule has 0 aliphatic heterocycles. The number of hydrogen-bond acceptors (Lipinski definition) is 6. The average Bonchev–Trinajstić information content (AvgIpc) is 3.57. The van der Waals surface area contributed by atoms with E-state index in [-0.39, 0.29) is 11.4 Å². The van der Waals surface area contributed by atoms with Crippen molar-refractivity contribution in [3.05, 3.63) is 95.5 Å². The molecule has 10 heteroatoms. The van der Waals surface area contributed by atoms with E-state index in [9.17, 15) is 13.2 Å². The van der Waals surface area contributed by atoms with Gasteiger partial charge in [0.15, 0.2) is 5.13 Å². The van der Waals surface area contributed by atoms with Crippen molar-refractivity contribution in [2.24, 2.45) is 0 Å². The molecule has 3 heterocycles. The molecule has 37 heavy (non-hydrogen) atoms. The average molecular weight is 522 g/mol. The lowest BCUT2D eigenvalue weighted by molar-refractivity contribution is -0.137. The highest BCUT2D eigenvalue weighted by Gasteiger charge is 2.34. The minimum atomic E-state index is -4.60. The number of halogens is 3. The van der Waals surface area contributed by atoms with Gasteiger partial charge in [0.2, 0.25) is 5.88 Å². The molecule has 0 atom stereocenters. The summed E-state index contributed by atoms with van der Waals surface area (Å²) in [4.78, 5) is 12.9. The molecule has 5 rings (SSSR count). The van der Waals surface area contributed by atoms with Crippen molar-refractivity contribution in [3.8, 4) is 28.6 Å². The van der Waals surface area contributed by atoms with Gasteiger partial charge in [0, 0.05) is 40.3 Å². The maximum absolute atomic E-state index is 14.0. The molecule has 0 amide bonds. The first-order valence-electron chi connectivity index (χ1n) is 11.5. The Balaban J connectivity index is 1.38. The predicted molar refractivity (Wildman–Crippen MR) is 138 cm³/mol. The molecule has 0 aliphatic carbocycles. The molecule has 0 unspecified atom stereocenters. The number of aryl methyl sites for hydroxylation is 2. The number of alkyl halides is 3. The summed E-state index contributed by atoms with van der Waals surface area (Å²) >= 11 is 1.23. The van der Waals surface area contributed by atoms with Crippen molar-refractivity contribution < 1.29 is 17.9 Å². The molecule has 0 fully saturated rings. The van der Waals surface area contributed by atoms with Gasteiger partial charge in [-0.25, -0.2) is 15.0 Å². The summed E-state index contributed by atoms with van der Waals surface area (Å²) in [6.45, 7) is 3.74. The fourth-order valence-electron chi connectivity index (χ4n) is 3.76. The van der Waals surface area contributed by atoms with Gasteiger partial charge in [0.25, 0.3) is 0 Å². The summed E-state index contributed by atoms with van der Waals surface area (Å²) in [6, 6.07) is 15.2. The lowest BCUT2D eigenvalue weighted by Gasteiger charge is -2.16. The van der Waals surface area contributed by atoms with Crippen LogP contribution in [0.3, 0.4) is 0 Å². The third-order valence-electron chi connectivity index (χ3n) is 5.68. The van der Waals surface area contributed by atoms with Gasteiger partial charge in [-0.2, -0.15) is 13.2 Å². The summed E-state index contributed by atoms with van der Waals surface area (Å²) < 4.78 is 49.5. The predicted octanol–water partition coefficient (Wildman–Crippen LogP) is 7.82. The van der Waals surface area contributed by atoms with Crippen LogP contribution in [-0.4, -0.2) is 19.5 Å². The maximum atomic E-state index is 14.0. The number of nitrogens with zero attached hydrogens (tertiary/aromatic N) is 4. The van der Waals surface area contributed by atoms with E-state index in [1.54, 1.807) is 24.8 Å². The Morgan fingerprint density at radius 1 is 1.03 bits per heavy atom. The van der Waals surface area contributed by atoms with Crippen LogP contribution in [0.5, 0.6) is 11.6 Å². The zero-order valence-electron chi connectivity index (χ0n) is 20.0. The normalized spacial score (nSPS) is 11.5. The van der Waals surface area contributed by atoms with Crippen molar-refractivity contribution in [3.63, 3.8) is 0 Å². The molecule has 188 valence electrons. The topological polar surface area (TPSA) is 64.9 Å². The van der Waals surface area contributed by atoms with Gasteiger partial charge < -0.3 is 14.6 Å². The summed E-state index contributed by atoms with van der Waals surface area (Å²) in [6.07, 6.45) is 1.29. The van der Waals surface area contributed by atoms with Gasteiger partial charge in [-0.15, -0.1) is 11.3 Å². The van der Waals surface area contributed by atoms with Crippen molar-refractivity contribution >= 4 is 22.2 Å². The number of rotatable bonds is 7. The molecular formula is C27H22F3N5OS. The van der Waals surface area contributed by atoms with Crippen LogP contribution in [0.2, 0.25) is 0 Å². The monoisotopic (exact) mass is 521 g/mol. The Labute approximate surface area is 215 Å². The standard InChI is InChI=1S/C27H22F3N5OS/c1-3-18-5-4-17(2)32-25(18)36-21-10-11-23(22(14-21)27(28,29)30)33-26-34-24(15-37-26)19-6-8-20(9-7-19)35-13-12-31-16-35/h4-16H,3H2,1-2H3,(H,33,34). The van der Waals surface area contributed by atoms with Crippen LogP contribution in [0.25, 0.3) is 16.9 Å². The fourth-order valence-corrected chi connectivity index (χ4v) is 4.49. The van der Waals surface area contributed by atoms with Gasteiger partial charge in [-0.05, 0) is 49.7 Å². The summed E-state index contributed by atoms with van der Waals surface area (Å²) in [5.41, 5.74) is 3.04. The van der Waals surface area contributed by atoms with Gasteiger partial charge in [0.1, 0.15) is 5.75 Å². The SMILES string of the molecule is CCc1ccc(C)nc1Oc1ccc(Nc2nc(-c3ccc(-n4ccnc4)cc3)cs2)c(C(F)(F)F)c1. The van der Waals surface area contributed by atoms with Gasteiger partial charge in [-0.3, -0.25) is 0 Å². The Hall–Kier alpha value is -4.18. The van der Waals surface area contributed by atoms with E-state index in [0.717, 1.165) is 28.6 Å². The number of aromatic nitrogens is 4. The second kappa shape index (κ2) is 10.1. The van der Waals surface area contributed by atoms with Crippen molar-refractivity contribution in [1.82, 2.24) is 19.5 Å². The van der Waals surface area contributed by atoms with E-state index in [0.29, 0.717) is 23.1 Å². The number of nitrogens with one attached hydrogen (secondary N) is 1.